The van der Waals surface area contributed by atoms with Crippen LogP contribution in [0.25, 0.3) is 10.9 Å². The van der Waals surface area contributed by atoms with E-state index in [9.17, 15) is 9.59 Å². The first-order chi connectivity index (χ1) is 13.5. The van der Waals surface area contributed by atoms with Gasteiger partial charge in [0.15, 0.2) is 0 Å². The molecule has 1 amide bonds. The molecular weight excluding hydrogens is 372 g/mol. The third kappa shape index (κ3) is 3.57. The highest BCUT2D eigenvalue weighted by molar-refractivity contribution is 6.45. The highest BCUT2D eigenvalue weighted by Crippen LogP contribution is 2.29. The second kappa shape index (κ2) is 7.80. The van der Waals surface area contributed by atoms with Crippen LogP contribution in [0.1, 0.15) is 46.8 Å². The molecule has 1 aromatic heterocycles. The lowest BCUT2D eigenvalue weighted by molar-refractivity contribution is -0.126. The number of Topliss-reactive ketones (excluding diaryl/α,β-unsaturated/α-hetero) is 1. The van der Waals surface area contributed by atoms with Crippen LogP contribution >= 0.6 is 11.6 Å². The average Bonchev–Trinajstić information content (AvgIpc) is 2.87. The van der Waals surface area contributed by atoms with Crippen molar-refractivity contribution in [2.24, 2.45) is 0 Å². The van der Waals surface area contributed by atoms with Crippen molar-refractivity contribution in [3.8, 4) is 0 Å². The van der Waals surface area contributed by atoms with Crippen molar-refractivity contribution in [2.75, 3.05) is 13.1 Å². The number of carbonyl (C=O) groups excluding carboxylic acids is 2. The monoisotopic (exact) mass is 394 g/mol. The molecular formula is C23H23ClN2O2. The van der Waals surface area contributed by atoms with Gasteiger partial charge in [-0.2, -0.15) is 0 Å². The van der Waals surface area contributed by atoms with Crippen molar-refractivity contribution in [1.82, 2.24) is 9.88 Å². The SMILES string of the molecule is Cc1[nH]c2ccccc2c1C(=O)C(=O)N1CCCCC(c2ccc(Cl)cc2)C1. The molecule has 1 aliphatic rings. The molecule has 1 N–H and O–H groups in total. The minimum atomic E-state index is -0.424. The van der Waals surface area contributed by atoms with Crippen LogP contribution in [0.2, 0.25) is 5.02 Å². The molecule has 0 bridgehead atoms. The smallest absolute Gasteiger partial charge is 0.295 e. The largest absolute Gasteiger partial charge is 0.358 e. The molecule has 2 aromatic carbocycles. The summed E-state index contributed by atoms with van der Waals surface area (Å²) in [5.41, 5.74) is 3.28. The summed E-state index contributed by atoms with van der Waals surface area (Å²) < 4.78 is 0. The fraction of sp³-hybridized carbons (Fsp3) is 0.304. The van der Waals surface area contributed by atoms with Crippen LogP contribution in [0.4, 0.5) is 0 Å². The van der Waals surface area contributed by atoms with E-state index in [1.54, 1.807) is 4.90 Å². The van der Waals surface area contributed by atoms with Gasteiger partial charge in [0.25, 0.3) is 11.7 Å². The van der Waals surface area contributed by atoms with Crippen LogP contribution in [0.5, 0.6) is 0 Å². The second-order valence-electron chi connectivity index (χ2n) is 7.50. The predicted octanol–water partition coefficient (Wildman–Crippen LogP) is 5.11. The molecule has 0 aliphatic carbocycles. The normalized spacial score (nSPS) is 17.5. The van der Waals surface area contributed by atoms with Crippen LogP contribution in [0.15, 0.2) is 48.5 Å². The van der Waals surface area contributed by atoms with Crippen LogP contribution in [-0.4, -0.2) is 34.7 Å². The number of hydrogen-bond donors (Lipinski definition) is 1. The van der Waals surface area contributed by atoms with Gasteiger partial charge in [0.2, 0.25) is 0 Å². The van der Waals surface area contributed by atoms with Gasteiger partial charge >= 0.3 is 0 Å². The number of aromatic amines is 1. The van der Waals surface area contributed by atoms with Gasteiger partial charge in [-0.25, -0.2) is 0 Å². The van der Waals surface area contributed by atoms with Crippen molar-refractivity contribution in [3.05, 3.63) is 70.4 Å². The number of nitrogens with one attached hydrogen (secondary N) is 1. The molecule has 1 aliphatic heterocycles. The lowest BCUT2D eigenvalue weighted by Crippen LogP contribution is -2.39. The number of hydrogen-bond acceptors (Lipinski definition) is 2. The van der Waals surface area contributed by atoms with Crippen molar-refractivity contribution < 1.29 is 9.59 Å². The summed E-state index contributed by atoms with van der Waals surface area (Å²) in [5, 5.41) is 1.51. The average molecular weight is 395 g/mol. The molecule has 1 atom stereocenters. The van der Waals surface area contributed by atoms with Crippen molar-refractivity contribution in [3.63, 3.8) is 0 Å². The Labute approximate surface area is 169 Å². The number of para-hydroxylation sites is 1. The number of aromatic nitrogens is 1. The first-order valence-electron chi connectivity index (χ1n) is 9.71. The number of aryl methyl sites for hydroxylation is 1. The van der Waals surface area contributed by atoms with Crippen molar-refractivity contribution in [2.45, 2.75) is 32.1 Å². The maximum Gasteiger partial charge on any atom is 0.295 e. The molecule has 28 heavy (non-hydrogen) atoms. The van der Waals surface area contributed by atoms with E-state index >= 15 is 0 Å². The van der Waals surface area contributed by atoms with E-state index in [-0.39, 0.29) is 5.92 Å². The molecule has 0 saturated carbocycles. The third-order valence-corrected chi connectivity index (χ3v) is 5.87. The Balaban J connectivity index is 1.59. The minimum Gasteiger partial charge on any atom is -0.358 e. The van der Waals surface area contributed by atoms with Crippen LogP contribution in [0.3, 0.4) is 0 Å². The van der Waals surface area contributed by atoms with Gasteiger partial charge in [-0.05, 0) is 43.5 Å². The minimum absolute atomic E-state index is 0.223. The third-order valence-electron chi connectivity index (χ3n) is 5.61. The number of carbonyl (C=O) groups is 2. The highest BCUT2D eigenvalue weighted by atomic mass is 35.5. The zero-order valence-corrected chi connectivity index (χ0v) is 16.6. The Morgan fingerprint density at radius 1 is 1.07 bits per heavy atom. The molecule has 1 saturated heterocycles. The Kier molecular flexibility index (Phi) is 5.23. The van der Waals surface area contributed by atoms with Gasteiger partial charge in [-0.15, -0.1) is 0 Å². The van der Waals surface area contributed by atoms with Crippen LogP contribution in [-0.2, 0) is 4.79 Å². The van der Waals surface area contributed by atoms with E-state index in [1.807, 2.05) is 55.5 Å². The summed E-state index contributed by atoms with van der Waals surface area (Å²) in [6, 6.07) is 15.4. The van der Waals surface area contributed by atoms with Crippen molar-refractivity contribution >= 4 is 34.2 Å². The Hall–Kier alpha value is -2.59. The summed E-state index contributed by atoms with van der Waals surface area (Å²) in [6.07, 6.45) is 2.96. The number of rotatable bonds is 3. The van der Waals surface area contributed by atoms with Gasteiger partial charge in [0.05, 0.1) is 5.56 Å². The van der Waals surface area contributed by atoms with Crippen LogP contribution < -0.4 is 0 Å². The number of ketones is 1. The molecule has 144 valence electrons. The van der Waals surface area contributed by atoms with E-state index in [4.69, 9.17) is 11.6 Å². The molecule has 2 heterocycles. The Morgan fingerprint density at radius 2 is 1.82 bits per heavy atom. The zero-order chi connectivity index (χ0) is 19.7. The number of benzene rings is 2. The highest BCUT2D eigenvalue weighted by Gasteiger charge is 2.30. The fourth-order valence-corrected chi connectivity index (χ4v) is 4.28. The van der Waals surface area contributed by atoms with Gasteiger partial charge in [0, 0.05) is 40.6 Å². The number of halogens is 1. The Bertz CT molecular complexity index is 1020. The van der Waals surface area contributed by atoms with Gasteiger partial charge in [-0.1, -0.05) is 48.4 Å². The number of amides is 1. The number of fused-ring (bicyclic) bond motifs is 1. The molecule has 3 aromatic rings. The lowest BCUT2D eigenvalue weighted by Gasteiger charge is -2.24. The van der Waals surface area contributed by atoms with E-state index in [0.29, 0.717) is 23.7 Å². The molecule has 0 spiro atoms. The van der Waals surface area contributed by atoms with E-state index in [1.165, 1.54) is 5.56 Å². The standard InChI is InChI=1S/C23H23ClN2O2/c1-15-21(19-7-2-3-8-20(19)25-15)22(27)23(28)26-13-5-4-6-17(14-26)16-9-11-18(24)12-10-16/h2-3,7-12,17,25H,4-6,13-14H2,1H3. The van der Waals surface area contributed by atoms with E-state index in [2.05, 4.69) is 4.98 Å². The number of H-pyrrole nitrogens is 1. The molecule has 1 unspecified atom stereocenters. The van der Waals surface area contributed by atoms with Crippen LogP contribution in [0, 0.1) is 6.92 Å². The van der Waals surface area contributed by atoms with E-state index < -0.39 is 11.7 Å². The molecule has 5 heteroatoms. The van der Waals surface area contributed by atoms with E-state index in [0.717, 1.165) is 35.9 Å². The number of nitrogens with zero attached hydrogens (tertiary/aromatic N) is 1. The fourth-order valence-electron chi connectivity index (χ4n) is 4.15. The Morgan fingerprint density at radius 3 is 2.61 bits per heavy atom. The quantitative estimate of drug-likeness (QED) is 0.495. The number of likely N-dealkylation sites (tertiary alicyclic amines) is 1. The first kappa shape index (κ1) is 18.8. The molecule has 0 radical (unpaired) electrons. The predicted molar refractivity (Wildman–Crippen MR) is 112 cm³/mol. The summed E-state index contributed by atoms with van der Waals surface area (Å²) >= 11 is 6.01. The van der Waals surface area contributed by atoms with Gasteiger partial charge in [-0.3, -0.25) is 9.59 Å². The summed E-state index contributed by atoms with van der Waals surface area (Å²) in [7, 11) is 0. The maximum atomic E-state index is 13.1. The summed E-state index contributed by atoms with van der Waals surface area (Å²) in [4.78, 5) is 31.2. The molecule has 4 rings (SSSR count). The second-order valence-corrected chi connectivity index (χ2v) is 7.93. The topological polar surface area (TPSA) is 53.2 Å². The van der Waals surface area contributed by atoms with Gasteiger partial charge in [0.1, 0.15) is 0 Å². The van der Waals surface area contributed by atoms with Crippen molar-refractivity contribution in [1.29, 1.82) is 0 Å². The molecule has 1 fully saturated rings. The lowest BCUT2D eigenvalue weighted by atomic mass is 9.94. The maximum absolute atomic E-state index is 13.1. The zero-order valence-electron chi connectivity index (χ0n) is 15.9. The molecule has 4 nitrogen and oxygen atoms in total. The summed E-state index contributed by atoms with van der Waals surface area (Å²) in [6.45, 7) is 3.03. The first-order valence-corrected chi connectivity index (χ1v) is 10.1. The van der Waals surface area contributed by atoms with Gasteiger partial charge < -0.3 is 9.88 Å². The summed E-state index contributed by atoms with van der Waals surface area (Å²) in [5.74, 6) is -0.610.